The van der Waals surface area contributed by atoms with Gasteiger partial charge in [-0.3, -0.25) is 10.4 Å². The minimum absolute atomic E-state index is 0.00438. The molecule has 0 saturated carbocycles. The molecular weight excluding hydrogens is 248 g/mol. The van der Waals surface area contributed by atoms with Gasteiger partial charge in [0.05, 0.1) is 0 Å². The molecule has 3 N–H and O–H groups in total. The van der Waals surface area contributed by atoms with Gasteiger partial charge in [0, 0.05) is 24.5 Å². The summed E-state index contributed by atoms with van der Waals surface area (Å²) in [5, 5.41) is 7.50. The molecule has 1 aromatic heterocycles. The van der Waals surface area contributed by atoms with Gasteiger partial charge in [-0.1, -0.05) is 30.3 Å². The maximum absolute atomic E-state index is 7.50. The second-order valence-corrected chi connectivity index (χ2v) is 5.02. The van der Waals surface area contributed by atoms with Crippen molar-refractivity contribution in [3.8, 4) is 0 Å². The first kappa shape index (κ1) is 14.1. The third-order valence-electron chi connectivity index (χ3n) is 3.17. The van der Waals surface area contributed by atoms with E-state index in [1.165, 1.54) is 5.56 Å². The number of aromatic nitrogens is 1. The van der Waals surface area contributed by atoms with Crippen molar-refractivity contribution in [1.29, 1.82) is 5.41 Å². The molecule has 2 rings (SSSR count). The van der Waals surface area contributed by atoms with Crippen molar-refractivity contribution in [2.24, 2.45) is 5.73 Å². The molecule has 0 aliphatic carbocycles. The van der Waals surface area contributed by atoms with E-state index in [1.807, 2.05) is 30.3 Å². The number of hydrogen-bond acceptors (Lipinski definition) is 3. The lowest BCUT2D eigenvalue weighted by atomic mass is 10.1. The summed E-state index contributed by atoms with van der Waals surface area (Å²) in [6, 6.07) is 14.5. The molecule has 4 nitrogen and oxygen atoms in total. The second kappa shape index (κ2) is 6.19. The van der Waals surface area contributed by atoms with Gasteiger partial charge in [0.15, 0.2) is 0 Å². The number of hydrogen-bond donors (Lipinski definition) is 2. The van der Waals surface area contributed by atoms with Crippen LogP contribution in [0.25, 0.3) is 0 Å². The zero-order valence-electron chi connectivity index (χ0n) is 11.9. The van der Waals surface area contributed by atoms with Crippen molar-refractivity contribution in [2.45, 2.75) is 26.4 Å². The molecule has 0 radical (unpaired) electrons. The molecule has 2 aromatic rings. The molecule has 0 aliphatic rings. The molecule has 0 unspecified atom stereocenters. The second-order valence-electron chi connectivity index (χ2n) is 5.02. The lowest BCUT2D eigenvalue weighted by molar-refractivity contribution is 0.682. The van der Waals surface area contributed by atoms with Crippen LogP contribution in [0, 0.1) is 5.41 Å². The van der Waals surface area contributed by atoms with E-state index in [0.29, 0.717) is 11.7 Å². The lowest BCUT2D eigenvalue weighted by Gasteiger charge is -2.29. The highest BCUT2D eigenvalue weighted by Crippen LogP contribution is 2.20. The number of benzene rings is 1. The Labute approximate surface area is 119 Å². The first-order valence-corrected chi connectivity index (χ1v) is 6.69. The molecule has 104 valence electrons. The summed E-state index contributed by atoms with van der Waals surface area (Å²) in [7, 11) is 0. The molecular formula is C16H20N4. The van der Waals surface area contributed by atoms with Crippen molar-refractivity contribution < 1.29 is 0 Å². The molecule has 0 saturated heterocycles. The van der Waals surface area contributed by atoms with Gasteiger partial charge >= 0.3 is 0 Å². The van der Waals surface area contributed by atoms with Gasteiger partial charge in [0.2, 0.25) is 0 Å². The van der Waals surface area contributed by atoms with Gasteiger partial charge in [-0.05, 0) is 31.5 Å². The number of amidine groups is 1. The van der Waals surface area contributed by atoms with Gasteiger partial charge in [0.1, 0.15) is 11.5 Å². The third kappa shape index (κ3) is 3.35. The molecule has 0 aliphatic heterocycles. The van der Waals surface area contributed by atoms with Crippen LogP contribution >= 0.6 is 0 Å². The largest absolute Gasteiger partial charge is 0.382 e. The number of anilines is 1. The van der Waals surface area contributed by atoms with E-state index >= 15 is 0 Å². The van der Waals surface area contributed by atoms with Crippen molar-refractivity contribution in [3.05, 3.63) is 59.9 Å². The Bertz CT molecular complexity index is 578. The number of pyridine rings is 1. The van der Waals surface area contributed by atoms with Crippen molar-refractivity contribution >= 4 is 11.5 Å². The van der Waals surface area contributed by atoms with Gasteiger partial charge in [-0.25, -0.2) is 0 Å². The van der Waals surface area contributed by atoms with Crippen LogP contribution in [0.5, 0.6) is 0 Å². The molecule has 0 atom stereocenters. The van der Waals surface area contributed by atoms with E-state index in [2.05, 4.69) is 35.9 Å². The SMILES string of the molecule is CC(C)N(Cc1ccccc1)c1ccnc(C(=N)N)c1. The molecule has 4 heteroatoms. The Morgan fingerprint density at radius 1 is 1.25 bits per heavy atom. The molecule has 20 heavy (non-hydrogen) atoms. The van der Waals surface area contributed by atoms with Crippen molar-refractivity contribution in [3.63, 3.8) is 0 Å². The van der Waals surface area contributed by atoms with Crippen LogP contribution in [0.2, 0.25) is 0 Å². The summed E-state index contributed by atoms with van der Waals surface area (Å²) in [4.78, 5) is 6.38. The zero-order chi connectivity index (χ0) is 14.5. The highest BCUT2D eigenvalue weighted by Gasteiger charge is 2.12. The third-order valence-corrected chi connectivity index (χ3v) is 3.17. The fourth-order valence-corrected chi connectivity index (χ4v) is 2.10. The first-order chi connectivity index (χ1) is 9.58. The van der Waals surface area contributed by atoms with Crippen LogP contribution in [0.3, 0.4) is 0 Å². The van der Waals surface area contributed by atoms with Crippen LogP contribution in [0.1, 0.15) is 25.1 Å². The average molecular weight is 268 g/mol. The van der Waals surface area contributed by atoms with E-state index in [1.54, 1.807) is 6.20 Å². The Balaban J connectivity index is 2.29. The van der Waals surface area contributed by atoms with Gasteiger partial charge < -0.3 is 10.6 Å². The summed E-state index contributed by atoms with van der Waals surface area (Å²) >= 11 is 0. The Morgan fingerprint density at radius 3 is 2.55 bits per heavy atom. The van der Waals surface area contributed by atoms with E-state index < -0.39 is 0 Å². The van der Waals surface area contributed by atoms with Crippen LogP contribution < -0.4 is 10.6 Å². The summed E-state index contributed by atoms with van der Waals surface area (Å²) in [6.45, 7) is 5.12. The summed E-state index contributed by atoms with van der Waals surface area (Å²) < 4.78 is 0. The van der Waals surface area contributed by atoms with E-state index in [9.17, 15) is 0 Å². The average Bonchev–Trinajstić information content (AvgIpc) is 2.45. The van der Waals surface area contributed by atoms with E-state index in [-0.39, 0.29) is 5.84 Å². The predicted octanol–water partition coefficient (Wildman–Crippen LogP) is 2.78. The van der Waals surface area contributed by atoms with Gasteiger partial charge in [0.25, 0.3) is 0 Å². The molecule has 0 bridgehead atoms. The maximum Gasteiger partial charge on any atom is 0.141 e. The van der Waals surface area contributed by atoms with Crippen LogP contribution in [-0.4, -0.2) is 16.9 Å². The normalized spacial score (nSPS) is 10.6. The van der Waals surface area contributed by atoms with Crippen LogP contribution in [0.15, 0.2) is 48.7 Å². The number of nitrogens with one attached hydrogen (secondary N) is 1. The summed E-state index contributed by atoms with van der Waals surface area (Å²) in [6.07, 6.45) is 1.70. The summed E-state index contributed by atoms with van der Waals surface area (Å²) in [5.74, 6) is -0.00438. The Morgan fingerprint density at radius 2 is 1.95 bits per heavy atom. The van der Waals surface area contributed by atoms with Gasteiger partial charge in [-0.15, -0.1) is 0 Å². The maximum atomic E-state index is 7.50. The first-order valence-electron chi connectivity index (χ1n) is 6.69. The topological polar surface area (TPSA) is 66.0 Å². The van der Waals surface area contributed by atoms with E-state index in [4.69, 9.17) is 11.1 Å². The van der Waals surface area contributed by atoms with E-state index in [0.717, 1.165) is 12.2 Å². The fourth-order valence-electron chi connectivity index (χ4n) is 2.10. The molecule has 1 heterocycles. The number of nitrogens with two attached hydrogens (primary N) is 1. The Kier molecular flexibility index (Phi) is 4.35. The molecule has 1 aromatic carbocycles. The highest BCUT2D eigenvalue weighted by molar-refractivity contribution is 5.93. The Hall–Kier alpha value is -2.36. The number of nitrogens with zero attached hydrogens (tertiary/aromatic N) is 2. The quantitative estimate of drug-likeness (QED) is 0.647. The monoisotopic (exact) mass is 268 g/mol. The summed E-state index contributed by atoms with van der Waals surface area (Å²) in [5.41, 5.74) is 8.31. The van der Waals surface area contributed by atoms with Gasteiger partial charge in [-0.2, -0.15) is 0 Å². The molecule has 0 spiro atoms. The highest BCUT2D eigenvalue weighted by atomic mass is 15.2. The predicted molar refractivity (Wildman–Crippen MR) is 83.0 cm³/mol. The standard InChI is InChI=1S/C16H20N4/c1-12(2)20(11-13-6-4-3-5-7-13)14-8-9-19-15(10-14)16(17)18/h3-10,12H,11H2,1-2H3,(H3,17,18). The van der Waals surface area contributed by atoms with Crippen molar-refractivity contribution in [2.75, 3.05) is 4.90 Å². The molecule has 0 amide bonds. The molecule has 0 fully saturated rings. The smallest absolute Gasteiger partial charge is 0.141 e. The number of nitrogen functional groups attached to an aromatic ring is 1. The van der Waals surface area contributed by atoms with Crippen LogP contribution in [0.4, 0.5) is 5.69 Å². The zero-order valence-corrected chi connectivity index (χ0v) is 11.9. The van der Waals surface area contributed by atoms with Crippen molar-refractivity contribution in [1.82, 2.24) is 4.98 Å². The lowest BCUT2D eigenvalue weighted by Crippen LogP contribution is -2.30. The fraction of sp³-hybridized carbons (Fsp3) is 0.250. The minimum Gasteiger partial charge on any atom is -0.382 e. The van der Waals surface area contributed by atoms with Crippen LogP contribution in [-0.2, 0) is 6.54 Å². The number of rotatable bonds is 5. The minimum atomic E-state index is -0.00438.